The molecule has 2 heterocycles. The van der Waals surface area contributed by atoms with Gasteiger partial charge >= 0.3 is 0 Å². The maximum absolute atomic E-state index is 4.53. The first kappa shape index (κ1) is 15.1. The van der Waals surface area contributed by atoms with Gasteiger partial charge in [0.05, 0.1) is 5.69 Å². The van der Waals surface area contributed by atoms with Gasteiger partial charge in [-0.15, -0.1) is 11.3 Å². The van der Waals surface area contributed by atoms with E-state index in [1.807, 2.05) is 23.1 Å². The summed E-state index contributed by atoms with van der Waals surface area (Å²) in [5.41, 5.74) is 2.36. The molecule has 4 nitrogen and oxygen atoms in total. The number of hydrogen-bond acceptors (Lipinski definition) is 4. The van der Waals surface area contributed by atoms with Gasteiger partial charge in [0.25, 0.3) is 0 Å². The normalized spacial score (nSPS) is 11.3. The molecule has 2 aromatic heterocycles. The summed E-state index contributed by atoms with van der Waals surface area (Å²) in [4.78, 5) is 3.49. The third-order valence-electron chi connectivity index (χ3n) is 3.81. The Hall–Kier alpha value is -1.85. The molecule has 116 valence electrons. The molecular weight excluding hydrogens is 292 g/mol. The minimum absolute atomic E-state index is 0.835. The maximum atomic E-state index is 4.53. The maximum Gasteiger partial charge on any atom is 0.130 e. The van der Waals surface area contributed by atoms with Crippen molar-refractivity contribution in [2.75, 3.05) is 19.0 Å². The molecule has 0 radical (unpaired) electrons. The van der Waals surface area contributed by atoms with Crippen LogP contribution < -0.4 is 10.2 Å². The van der Waals surface area contributed by atoms with Crippen LogP contribution in [0.2, 0.25) is 0 Å². The molecular formula is C17H22N4S. The van der Waals surface area contributed by atoms with Crippen molar-refractivity contribution < 1.29 is 0 Å². The molecule has 1 aromatic carbocycles. The number of anilines is 1. The zero-order valence-electron chi connectivity index (χ0n) is 13.6. The number of nitrogens with one attached hydrogen (secondary N) is 1. The summed E-state index contributed by atoms with van der Waals surface area (Å²) in [5, 5.41) is 9.42. The van der Waals surface area contributed by atoms with Gasteiger partial charge in [0.2, 0.25) is 0 Å². The summed E-state index contributed by atoms with van der Waals surface area (Å²) >= 11 is 1.86. The lowest BCUT2D eigenvalue weighted by Crippen LogP contribution is -2.18. The Morgan fingerprint density at radius 3 is 2.73 bits per heavy atom. The molecule has 22 heavy (non-hydrogen) atoms. The van der Waals surface area contributed by atoms with Crippen molar-refractivity contribution in [3.05, 3.63) is 46.5 Å². The van der Waals surface area contributed by atoms with Gasteiger partial charge in [-0.05, 0) is 24.4 Å². The van der Waals surface area contributed by atoms with Crippen LogP contribution in [-0.4, -0.2) is 23.9 Å². The van der Waals surface area contributed by atoms with E-state index in [0.29, 0.717) is 0 Å². The molecule has 5 heteroatoms. The Bertz CT molecular complexity index is 752. The van der Waals surface area contributed by atoms with E-state index < -0.39 is 0 Å². The molecule has 3 aromatic rings. The van der Waals surface area contributed by atoms with Crippen molar-refractivity contribution in [2.45, 2.75) is 20.0 Å². The quantitative estimate of drug-likeness (QED) is 0.784. The summed E-state index contributed by atoms with van der Waals surface area (Å²) in [6.45, 7) is 3.80. The number of thiophene rings is 1. The van der Waals surface area contributed by atoms with Crippen LogP contribution in [0.1, 0.15) is 16.1 Å². The zero-order valence-corrected chi connectivity index (χ0v) is 14.4. The van der Waals surface area contributed by atoms with Crippen molar-refractivity contribution in [3.8, 4) is 0 Å². The van der Waals surface area contributed by atoms with Crippen molar-refractivity contribution >= 4 is 27.2 Å². The zero-order chi connectivity index (χ0) is 15.7. The minimum atomic E-state index is 0.835. The smallest absolute Gasteiger partial charge is 0.130 e. The lowest BCUT2D eigenvalue weighted by atomic mass is 10.2. The Labute approximate surface area is 135 Å². The van der Waals surface area contributed by atoms with Crippen LogP contribution in [-0.2, 0) is 20.1 Å². The van der Waals surface area contributed by atoms with Gasteiger partial charge in [-0.2, -0.15) is 5.10 Å². The van der Waals surface area contributed by atoms with Crippen LogP contribution in [0.3, 0.4) is 0 Å². The Morgan fingerprint density at radius 1 is 1.23 bits per heavy atom. The molecule has 0 spiro atoms. The van der Waals surface area contributed by atoms with Gasteiger partial charge in [-0.3, -0.25) is 4.68 Å². The van der Waals surface area contributed by atoms with Crippen LogP contribution in [0.4, 0.5) is 5.82 Å². The van der Waals surface area contributed by atoms with E-state index in [4.69, 9.17) is 0 Å². The fraction of sp³-hybridized carbons (Fsp3) is 0.353. The fourth-order valence-corrected chi connectivity index (χ4v) is 3.92. The number of fused-ring (bicyclic) bond motifs is 1. The molecule has 3 rings (SSSR count). The molecule has 0 unspecified atom stereocenters. The largest absolute Gasteiger partial charge is 0.363 e. The van der Waals surface area contributed by atoms with Crippen LogP contribution in [0.25, 0.3) is 10.1 Å². The van der Waals surface area contributed by atoms with Crippen molar-refractivity contribution in [1.29, 1.82) is 0 Å². The predicted octanol–water partition coefficient (Wildman–Crippen LogP) is 3.30. The monoisotopic (exact) mass is 314 g/mol. The van der Waals surface area contributed by atoms with Crippen LogP contribution in [0.5, 0.6) is 0 Å². The summed E-state index contributed by atoms with van der Waals surface area (Å²) in [7, 11) is 6.12. The number of nitrogens with zero attached hydrogens (tertiary/aromatic N) is 3. The van der Waals surface area contributed by atoms with E-state index in [-0.39, 0.29) is 0 Å². The van der Waals surface area contributed by atoms with Gasteiger partial charge in [0.15, 0.2) is 0 Å². The first-order valence-corrected chi connectivity index (χ1v) is 8.26. The SMILES string of the molecule is Cc1nn(C)c(N(C)C)c1CNCc1cc2ccccc2s1. The first-order valence-electron chi connectivity index (χ1n) is 7.44. The van der Waals surface area contributed by atoms with Crippen molar-refractivity contribution in [2.24, 2.45) is 7.05 Å². The van der Waals surface area contributed by atoms with Gasteiger partial charge in [-0.25, -0.2) is 0 Å². The standard InChI is InChI=1S/C17H22N4S/c1-12-15(17(20(2)3)21(4)19-12)11-18-10-14-9-13-7-5-6-8-16(13)22-14/h5-9,18H,10-11H2,1-4H3. The Kier molecular flexibility index (Phi) is 4.18. The lowest BCUT2D eigenvalue weighted by molar-refractivity contribution is 0.696. The molecule has 0 saturated heterocycles. The van der Waals surface area contributed by atoms with E-state index in [2.05, 4.69) is 66.7 Å². The second kappa shape index (κ2) is 6.10. The molecule has 0 atom stereocenters. The van der Waals surface area contributed by atoms with Gasteiger partial charge < -0.3 is 10.2 Å². The van der Waals surface area contributed by atoms with E-state index in [1.165, 1.54) is 26.3 Å². The number of hydrogen-bond donors (Lipinski definition) is 1. The van der Waals surface area contributed by atoms with E-state index in [9.17, 15) is 0 Å². The average molecular weight is 314 g/mol. The van der Waals surface area contributed by atoms with Crippen molar-refractivity contribution in [3.63, 3.8) is 0 Å². The number of rotatable bonds is 5. The Balaban J connectivity index is 1.71. The molecule has 0 bridgehead atoms. The summed E-state index contributed by atoms with van der Waals surface area (Å²) < 4.78 is 3.30. The van der Waals surface area contributed by atoms with E-state index in [0.717, 1.165) is 18.8 Å². The van der Waals surface area contributed by atoms with Crippen LogP contribution in [0.15, 0.2) is 30.3 Å². The highest BCUT2D eigenvalue weighted by Gasteiger charge is 2.14. The van der Waals surface area contributed by atoms with E-state index >= 15 is 0 Å². The summed E-state index contributed by atoms with van der Waals surface area (Å²) in [6, 6.07) is 10.8. The van der Waals surface area contributed by atoms with Crippen molar-refractivity contribution in [1.82, 2.24) is 15.1 Å². The predicted molar refractivity (Wildman–Crippen MR) is 94.6 cm³/mol. The second-order valence-electron chi connectivity index (χ2n) is 5.76. The third kappa shape index (κ3) is 2.87. The summed E-state index contributed by atoms with van der Waals surface area (Å²) in [5.74, 6) is 1.17. The highest BCUT2D eigenvalue weighted by atomic mass is 32.1. The third-order valence-corrected chi connectivity index (χ3v) is 4.93. The molecule has 0 aliphatic rings. The lowest BCUT2D eigenvalue weighted by Gasteiger charge is -2.15. The molecule has 1 N–H and O–H groups in total. The highest BCUT2D eigenvalue weighted by Crippen LogP contribution is 2.25. The molecule has 0 amide bonds. The highest BCUT2D eigenvalue weighted by molar-refractivity contribution is 7.19. The Morgan fingerprint density at radius 2 is 2.00 bits per heavy atom. The minimum Gasteiger partial charge on any atom is -0.363 e. The van der Waals surface area contributed by atoms with Crippen LogP contribution >= 0.6 is 11.3 Å². The molecule has 0 saturated carbocycles. The topological polar surface area (TPSA) is 33.1 Å². The summed E-state index contributed by atoms with van der Waals surface area (Å²) in [6.07, 6.45) is 0. The van der Waals surface area contributed by atoms with Gasteiger partial charge in [-0.1, -0.05) is 18.2 Å². The second-order valence-corrected chi connectivity index (χ2v) is 6.93. The average Bonchev–Trinajstić information content (AvgIpc) is 2.99. The number of aromatic nitrogens is 2. The van der Waals surface area contributed by atoms with Gasteiger partial charge in [0.1, 0.15) is 5.82 Å². The molecule has 0 aliphatic carbocycles. The van der Waals surface area contributed by atoms with E-state index in [1.54, 1.807) is 0 Å². The van der Waals surface area contributed by atoms with Crippen LogP contribution in [0, 0.1) is 6.92 Å². The first-order chi connectivity index (χ1) is 10.6. The number of benzene rings is 1. The number of aryl methyl sites for hydroxylation is 2. The van der Waals surface area contributed by atoms with Gasteiger partial charge in [0, 0.05) is 49.4 Å². The molecule has 0 fully saturated rings. The molecule has 0 aliphatic heterocycles. The fourth-order valence-electron chi connectivity index (χ4n) is 2.89.